The van der Waals surface area contributed by atoms with E-state index in [1.165, 1.54) is 0 Å². The summed E-state index contributed by atoms with van der Waals surface area (Å²) in [6.45, 7) is 4.38. The molecular weight excluding hydrogens is 362 g/mol. The van der Waals surface area contributed by atoms with Gasteiger partial charge in [-0.3, -0.25) is 4.79 Å². The average Bonchev–Trinajstić information content (AvgIpc) is 3.05. The van der Waals surface area contributed by atoms with Crippen molar-refractivity contribution in [2.24, 2.45) is 0 Å². The Balaban J connectivity index is 1.59. The number of fused-ring (bicyclic) bond motifs is 1. The van der Waals surface area contributed by atoms with Crippen molar-refractivity contribution in [1.29, 1.82) is 0 Å². The van der Waals surface area contributed by atoms with Crippen LogP contribution in [0.4, 0.5) is 0 Å². The molecule has 5 heteroatoms. The summed E-state index contributed by atoms with van der Waals surface area (Å²) in [5.41, 5.74) is 4.46. The third kappa shape index (κ3) is 3.59. The summed E-state index contributed by atoms with van der Waals surface area (Å²) in [4.78, 5) is 12.9. The molecule has 0 fully saturated rings. The van der Waals surface area contributed by atoms with E-state index in [4.69, 9.17) is 4.74 Å². The maximum absolute atomic E-state index is 12.9. The molecule has 0 aliphatic rings. The van der Waals surface area contributed by atoms with E-state index in [2.05, 4.69) is 10.4 Å². The van der Waals surface area contributed by atoms with Crippen molar-refractivity contribution in [1.82, 2.24) is 15.1 Å². The lowest BCUT2D eigenvalue weighted by Crippen LogP contribution is -2.24. The summed E-state index contributed by atoms with van der Waals surface area (Å²) >= 11 is 0. The molecule has 0 saturated carbocycles. The topological polar surface area (TPSA) is 56.1 Å². The fourth-order valence-electron chi connectivity index (χ4n) is 3.58. The quantitative estimate of drug-likeness (QED) is 0.547. The lowest BCUT2D eigenvalue weighted by atomic mass is 10.1. The van der Waals surface area contributed by atoms with Gasteiger partial charge in [-0.15, -0.1) is 0 Å². The minimum Gasteiger partial charge on any atom is -0.496 e. The fraction of sp³-hybridized carbons (Fsp3) is 0.167. The van der Waals surface area contributed by atoms with E-state index in [1.54, 1.807) is 7.11 Å². The lowest BCUT2D eigenvalue weighted by Gasteiger charge is -2.11. The first-order valence-electron chi connectivity index (χ1n) is 9.54. The maximum Gasteiger partial charge on any atom is 0.255 e. The molecule has 146 valence electrons. The molecule has 0 aliphatic heterocycles. The number of carbonyl (C=O) groups is 1. The third-order valence-electron chi connectivity index (χ3n) is 5.18. The Labute approximate surface area is 169 Å². The smallest absolute Gasteiger partial charge is 0.255 e. The first-order valence-corrected chi connectivity index (χ1v) is 9.54. The second-order valence-electron chi connectivity index (χ2n) is 6.98. The summed E-state index contributed by atoms with van der Waals surface area (Å²) < 4.78 is 7.37. The minimum absolute atomic E-state index is 0.168. The van der Waals surface area contributed by atoms with Gasteiger partial charge in [0.15, 0.2) is 0 Å². The number of nitrogens with one attached hydrogen (secondary N) is 1. The molecule has 0 bridgehead atoms. The molecular formula is C24H23N3O2. The number of nitrogens with zero attached hydrogens (tertiary/aromatic N) is 2. The number of hydrogen-bond acceptors (Lipinski definition) is 3. The minimum atomic E-state index is -0.168. The molecule has 4 aromatic rings. The zero-order chi connectivity index (χ0) is 20.4. The fourth-order valence-corrected chi connectivity index (χ4v) is 3.58. The molecule has 0 unspecified atom stereocenters. The van der Waals surface area contributed by atoms with Gasteiger partial charge in [0.25, 0.3) is 5.91 Å². The highest BCUT2D eigenvalue weighted by atomic mass is 16.5. The van der Waals surface area contributed by atoms with Crippen molar-refractivity contribution in [2.75, 3.05) is 7.11 Å². The van der Waals surface area contributed by atoms with E-state index < -0.39 is 0 Å². The van der Waals surface area contributed by atoms with Gasteiger partial charge in [-0.05, 0) is 48.9 Å². The van der Waals surface area contributed by atoms with Gasteiger partial charge in [0.05, 0.1) is 24.1 Å². The largest absolute Gasteiger partial charge is 0.496 e. The molecule has 5 nitrogen and oxygen atoms in total. The van der Waals surface area contributed by atoms with Crippen LogP contribution in [-0.2, 0) is 6.54 Å². The van der Waals surface area contributed by atoms with Crippen LogP contribution in [0.15, 0.2) is 66.7 Å². The third-order valence-corrected chi connectivity index (χ3v) is 5.18. The number of methoxy groups -OCH3 is 1. The molecule has 29 heavy (non-hydrogen) atoms. The Hall–Kier alpha value is -3.60. The van der Waals surface area contributed by atoms with Gasteiger partial charge in [0, 0.05) is 17.8 Å². The van der Waals surface area contributed by atoms with Crippen molar-refractivity contribution < 1.29 is 9.53 Å². The van der Waals surface area contributed by atoms with E-state index in [0.717, 1.165) is 33.4 Å². The molecule has 4 rings (SSSR count). The highest BCUT2D eigenvalue weighted by molar-refractivity contribution is 6.01. The second-order valence-corrected chi connectivity index (χ2v) is 6.98. The Morgan fingerprint density at radius 1 is 1.00 bits per heavy atom. The van der Waals surface area contributed by atoms with Crippen LogP contribution in [-0.4, -0.2) is 22.8 Å². The van der Waals surface area contributed by atoms with E-state index in [0.29, 0.717) is 17.9 Å². The molecule has 1 heterocycles. The maximum atomic E-state index is 12.9. The summed E-state index contributed by atoms with van der Waals surface area (Å²) in [7, 11) is 1.58. The molecule has 0 radical (unpaired) electrons. The number of rotatable bonds is 5. The first-order chi connectivity index (χ1) is 14.1. The number of carbonyl (C=O) groups excluding carboxylic acids is 1. The SMILES string of the molecule is COc1cc2ccccc2cc1C(=O)NCc1c(C)nn(-c2ccccc2)c1C. The number of benzene rings is 3. The van der Waals surface area contributed by atoms with Crippen molar-refractivity contribution in [3.63, 3.8) is 0 Å². The number of para-hydroxylation sites is 1. The van der Waals surface area contributed by atoms with Gasteiger partial charge in [-0.1, -0.05) is 42.5 Å². The van der Waals surface area contributed by atoms with Gasteiger partial charge in [-0.2, -0.15) is 5.10 Å². The Bertz CT molecular complexity index is 1180. The Kier molecular flexibility index (Phi) is 5.04. The lowest BCUT2D eigenvalue weighted by molar-refractivity contribution is 0.0948. The van der Waals surface area contributed by atoms with Crippen LogP contribution in [0.2, 0.25) is 0 Å². The van der Waals surface area contributed by atoms with Crippen LogP contribution in [0.3, 0.4) is 0 Å². The Morgan fingerprint density at radius 2 is 1.66 bits per heavy atom. The second kappa shape index (κ2) is 7.80. The molecule has 0 spiro atoms. The normalized spacial score (nSPS) is 10.9. The number of ether oxygens (including phenoxy) is 1. The van der Waals surface area contributed by atoms with Gasteiger partial charge >= 0.3 is 0 Å². The van der Waals surface area contributed by atoms with Crippen LogP contribution < -0.4 is 10.1 Å². The van der Waals surface area contributed by atoms with E-state index >= 15 is 0 Å². The van der Waals surface area contributed by atoms with Gasteiger partial charge in [-0.25, -0.2) is 4.68 Å². The standard InChI is InChI=1S/C24H23N3O2/c1-16-22(17(2)27(26-16)20-11-5-4-6-12-20)15-25-24(28)21-13-18-9-7-8-10-19(18)14-23(21)29-3/h4-14H,15H2,1-3H3,(H,25,28). The van der Waals surface area contributed by atoms with E-state index in [9.17, 15) is 4.79 Å². The van der Waals surface area contributed by atoms with Crippen molar-refractivity contribution in [2.45, 2.75) is 20.4 Å². The van der Waals surface area contributed by atoms with Crippen LogP contribution in [0.5, 0.6) is 5.75 Å². The molecule has 1 N–H and O–H groups in total. The first kappa shape index (κ1) is 18.7. The van der Waals surface area contributed by atoms with Crippen LogP contribution in [0.25, 0.3) is 16.5 Å². The zero-order valence-corrected chi connectivity index (χ0v) is 16.8. The van der Waals surface area contributed by atoms with E-state index in [1.807, 2.05) is 85.3 Å². The van der Waals surface area contributed by atoms with Crippen molar-refractivity contribution in [3.05, 3.63) is 89.2 Å². The Morgan fingerprint density at radius 3 is 2.34 bits per heavy atom. The van der Waals surface area contributed by atoms with Crippen LogP contribution in [0.1, 0.15) is 27.3 Å². The number of aromatic nitrogens is 2. The van der Waals surface area contributed by atoms with Gasteiger partial charge in [0.1, 0.15) is 5.75 Å². The average molecular weight is 385 g/mol. The van der Waals surface area contributed by atoms with Crippen molar-refractivity contribution >= 4 is 16.7 Å². The summed E-state index contributed by atoms with van der Waals surface area (Å²) in [5.74, 6) is 0.397. The van der Waals surface area contributed by atoms with Gasteiger partial charge < -0.3 is 10.1 Å². The van der Waals surface area contributed by atoms with Crippen LogP contribution >= 0.6 is 0 Å². The predicted octanol–water partition coefficient (Wildman–Crippen LogP) is 4.58. The highest BCUT2D eigenvalue weighted by Crippen LogP contribution is 2.26. The number of hydrogen-bond donors (Lipinski definition) is 1. The number of amides is 1. The van der Waals surface area contributed by atoms with Crippen molar-refractivity contribution in [3.8, 4) is 11.4 Å². The molecule has 0 saturated heterocycles. The molecule has 3 aromatic carbocycles. The zero-order valence-electron chi connectivity index (χ0n) is 16.8. The number of aryl methyl sites for hydroxylation is 1. The molecule has 1 aromatic heterocycles. The monoisotopic (exact) mass is 385 g/mol. The highest BCUT2D eigenvalue weighted by Gasteiger charge is 2.17. The molecule has 0 atom stereocenters. The van der Waals surface area contributed by atoms with E-state index in [-0.39, 0.29) is 5.91 Å². The van der Waals surface area contributed by atoms with Gasteiger partial charge in [0.2, 0.25) is 0 Å². The summed E-state index contributed by atoms with van der Waals surface area (Å²) in [6.07, 6.45) is 0. The summed E-state index contributed by atoms with van der Waals surface area (Å²) in [6, 6.07) is 21.7. The predicted molar refractivity (Wildman–Crippen MR) is 115 cm³/mol. The summed E-state index contributed by atoms with van der Waals surface area (Å²) in [5, 5.41) is 9.72. The molecule has 0 aliphatic carbocycles. The van der Waals surface area contributed by atoms with Crippen LogP contribution in [0, 0.1) is 13.8 Å². The molecule has 1 amide bonds.